The fourth-order valence-electron chi connectivity index (χ4n) is 1.33. The van der Waals surface area contributed by atoms with Crippen LogP contribution in [0.1, 0.15) is 11.3 Å². The van der Waals surface area contributed by atoms with Gasteiger partial charge in [-0.2, -0.15) is 5.26 Å². The first-order valence-corrected chi connectivity index (χ1v) is 5.91. The van der Waals surface area contributed by atoms with E-state index < -0.39 is 5.82 Å². The molecule has 18 heavy (non-hydrogen) atoms. The molecule has 0 fully saturated rings. The van der Waals surface area contributed by atoms with Crippen LogP contribution in [0.15, 0.2) is 41.0 Å². The number of hydrogen-bond acceptors (Lipinski definition) is 3. The number of ether oxygens (including phenoxy) is 1. The van der Waals surface area contributed by atoms with Gasteiger partial charge in [-0.1, -0.05) is 0 Å². The van der Waals surface area contributed by atoms with Gasteiger partial charge in [0.2, 0.25) is 0 Å². The molecular formula is C13H8BrFN2O. The summed E-state index contributed by atoms with van der Waals surface area (Å²) in [6, 6.07) is 9.57. The molecule has 0 aliphatic heterocycles. The predicted octanol–water partition coefficient (Wildman–Crippen LogP) is 3.43. The Morgan fingerprint density at radius 2 is 2.17 bits per heavy atom. The molecule has 90 valence electrons. The van der Waals surface area contributed by atoms with Crippen molar-refractivity contribution in [2.24, 2.45) is 0 Å². The maximum absolute atomic E-state index is 13.5. The lowest BCUT2D eigenvalue weighted by atomic mass is 10.2. The van der Waals surface area contributed by atoms with E-state index in [0.717, 1.165) is 10.5 Å². The van der Waals surface area contributed by atoms with E-state index in [-0.39, 0.29) is 17.9 Å². The highest BCUT2D eigenvalue weighted by Gasteiger charge is 2.05. The molecule has 0 saturated heterocycles. The van der Waals surface area contributed by atoms with Crippen molar-refractivity contribution in [3.63, 3.8) is 0 Å². The SMILES string of the molecule is N#Cc1ccc(OCc2ccc(Br)cn2)c(F)c1. The molecular weight excluding hydrogens is 299 g/mol. The summed E-state index contributed by atoms with van der Waals surface area (Å²) < 4.78 is 19.7. The van der Waals surface area contributed by atoms with E-state index in [0.29, 0.717) is 5.69 Å². The van der Waals surface area contributed by atoms with Crippen LogP contribution in [-0.4, -0.2) is 4.98 Å². The number of rotatable bonds is 3. The number of aromatic nitrogens is 1. The van der Waals surface area contributed by atoms with Crippen molar-refractivity contribution in [1.82, 2.24) is 4.98 Å². The van der Waals surface area contributed by atoms with Crippen LogP contribution in [-0.2, 0) is 6.61 Å². The Bertz CT molecular complexity index is 593. The van der Waals surface area contributed by atoms with Crippen LogP contribution in [0.3, 0.4) is 0 Å². The van der Waals surface area contributed by atoms with Crippen LogP contribution in [0.2, 0.25) is 0 Å². The third kappa shape index (κ3) is 3.05. The van der Waals surface area contributed by atoms with E-state index in [9.17, 15) is 4.39 Å². The quantitative estimate of drug-likeness (QED) is 0.872. The van der Waals surface area contributed by atoms with E-state index in [2.05, 4.69) is 20.9 Å². The van der Waals surface area contributed by atoms with Gasteiger partial charge in [0.25, 0.3) is 0 Å². The monoisotopic (exact) mass is 306 g/mol. The zero-order valence-electron chi connectivity index (χ0n) is 9.23. The summed E-state index contributed by atoms with van der Waals surface area (Å²) in [4.78, 5) is 4.11. The van der Waals surface area contributed by atoms with Crippen molar-refractivity contribution in [1.29, 1.82) is 5.26 Å². The van der Waals surface area contributed by atoms with Crippen molar-refractivity contribution in [3.05, 3.63) is 58.1 Å². The molecule has 0 atom stereocenters. The van der Waals surface area contributed by atoms with Crippen LogP contribution in [0.4, 0.5) is 4.39 Å². The molecule has 2 aromatic rings. The smallest absolute Gasteiger partial charge is 0.166 e. The summed E-state index contributed by atoms with van der Waals surface area (Å²) in [5.41, 5.74) is 0.962. The van der Waals surface area contributed by atoms with Crippen LogP contribution < -0.4 is 4.74 Å². The average molecular weight is 307 g/mol. The van der Waals surface area contributed by atoms with Crippen LogP contribution in [0.5, 0.6) is 5.75 Å². The largest absolute Gasteiger partial charge is 0.484 e. The first kappa shape index (κ1) is 12.5. The minimum absolute atomic E-state index is 0.110. The third-order valence-electron chi connectivity index (χ3n) is 2.23. The number of hydrogen-bond donors (Lipinski definition) is 0. The van der Waals surface area contributed by atoms with Gasteiger partial charge in [-0.3, -0.25) is 4.98 Å². The number of pyridine rings is 1. The minimum Gasteiger partial charge on any atom is -0.484 e. The highest BCUT2D eigenvalue weighted by atomic mass is 79.9. The van der Waals surface area contributed by atoms with E-state index in [4.69, 9.17) is 10.00 Å². The molecule has 0 N–H and O–H groups in total. The molecule has 0 aliphatic rings. The van der Waals surface area contributed by atoms with Crippen molar-refractivity contribution in [3.8, 4) is 11.8 Å². The van der Waals surface area contributed by atoms with Gasteiger partial charge in [0.15, 0.2) is 11.6 Å². The zero-order valence-corrected chi connectivity index (χ0v) is 10.8. The van der Waals surface area contributed by atoms with Gasteiger partial charge < -0.3 is 4.74 Å². The lowest BCUT2D eigenvalue weighted by molar-refractivity contribution is 0.286. The van der Waals surface area contributed by atoms with Gasteiger partial charge in [-0.05, 0) is 46.3 Å². The Balaban J connectivity index is 2.06. The highest BCUT2D eigenvalue weighted by Crippen LogP contribution is 2.19. The van der Waals surface area contributed by atoms with Crippen LogP contribution >= 0.6 is 15.9 Å². The summed E-state index contributed by atoms with van der Waals surface area (Å²) in [5.74, 6) is -0.440. The lowest BCUT2D eigenvalue weighted by Gasteiger charge is -2.06. The number of halogens is 2. The number of nitriles is 1. The summed E-state index contributed by atoms with van der Waals surface area (Å²) in [7, 11) is 0. The third-order valence-corrected chi connectivity index (χ3v) is 2.69. The van der Waals surface area contributed by atoms with E-state index in [1.807, 2.05) is 12.1 Å². The van der Waals surface area contributed by atoms with Gasteiger partial charge in [-0.15, -0.1) is 0 Å². The van der Waals surface area contributed by atoms with Gasteiger partial charge in [0.1, 0.15) is 6.61 Å². The summed E-state index contributed by atoms with van der Waals surface area (Å²) in [6.07, 6.45) is 1.65. The van der Waals surface area contributed by atoms with Crippen LogP contribution in [0.25, 0.3) is 0 Å². The molecule has 0 saturated carbocycles. The first-order chi connectivity index (χ1) is 8.69. The summed E-state index contributed by atoms with van der Waals surface area (Å²) >= 11 is 3.28. The maximum atomic E-state index is 13.5. The topological polar surface area (TPSA) is 45.9 Å². The molecule has 0 bridgehead atoms. The second kappa shape index (κ2) is 5.61. The molecule has 5 heteroatoms. The second-order valence-corrected chi connectivity index (χ2v) is 4.43. The van der Waals surface area contributed by atoms with Crippen molar-refractivity contribution in [2.45, 2.75) is 6.61 Å². The molecule has 0 radical (unpaired) electrons. The molecule has 0 amide bonds. The maximum Gasteiger partial charge on any atom is 0.166 e. The van der Waals surface area contributed by atoms with Crippen molar-refractivity contribution >= 4 is 15.9 Å². The molecule has 1 aromatic heterocycles. The van der Waals surface area contributed by atoms with Gasteiger partial charge in [0.05, 0.1) is 17.3 Å². The predicted molar refractivity (Wildman–Crippen MR) is 67.4 cm³/mol. The summed E-state index contributed by atoms with van der Waals surface area (Å²) in [5, 5.41) is 8.61. The Labute approximate surface area is 112 Å². The second-order valence-electron chi connectivity index (χ2n) is 3.51. The van der Waals surface area contributed by atoms with Crippen LogP contribution in [0, 0.1) is 17.1 Å². The first-order valence-electron chi connectivity index (χ1n) is 5.12. The van der Waals surface area contributed by atoms with Gasteiger partial charge in [0, 0.05) is 10.7 Å². The van der Waals surface area contributed by atoms with Gasteiger partial charge in [-0.25, -0.2) is 4.39 Å². The summed E-state index contributed by atoms with van der Waals surface area (Å²) in [6.45, 7) is 0.177. The fourth-order valence-corrected chi connectivity index (χ4v) is 1.57. The standard InChI is InChI=1S/C13H8BrFN2O/c14-10-2-3-11(17-7-10)8-18-13-4-1-9(6-16)5-12(13)15/h1-5,7H,8H2. The Morgan fingerprint density at radius 1 is 1.33 bits per heavy atom. The van der Waals surface area contributed by atoms with E-state index in [1.54, 1.807) is 12.3 Å². The number of benzene rings is 1. The zero-order chi connectivity index (χ0) is 13.0. The normalized spacial score (nSPS) is 9.83. The molecule has 0 spiro atoms. The molecule has 0 unspecified atom stereocenters. The Kier molecular flexibility index (Phi) is 3.90. The molecule has 1 heterocycles. The molecule has 2 rings (SSSR count). The molecule has 1 aromatic carbocycles. The Morgan fingerprint density at radius 3 is 2.78 bits per heavy atom. The fraction of sp³-hybridized carbons (Fsp3) is 0.0769. The Hall–Kier alpha value is -1.93. The van der Waals surface area contributed by atoms with Crippen molar-refractivity contribution < 1.29 is 9.13 Å². The van der Waals surface area contributed by atoms with Gasteiger partial charge >= 0.3 is 0 Å². The van der Waals surface area contributed by atoms with E-state index in [1.165, 1.54) is 12.1 Å². The van der Waals surface area contributed by atoms with E-state index >= 15 is 0 Å². The average Bonchev–Trinajstić information content (AvgIpc) is 2.39. The molecule has 3 nitrogen and oxygen atoms in total. The highest BCUT2D eigenvalue weighted by molar-refractivity contribution is 9.10. The molecule has 0 aliphatic carbocycles. The number of nitrogens with zero attached hydrogens (tertiary/aromatic N) is 2. The van der Waals surface area contributed by atoms with Crippen molar-refractivity contribution in [2.75, 3.05) is 0 Å². The lowest BCUT2D eigenvalue weighted by Crippen LogP contribution is -1.99. The minimum atomic E-state index is -0.550.